The van der Waals surface area contributed by atoms with Crippen molar-refractivity contribution in [3.05, 3.63) is 0 Å². The molecule has 0 aliphatic heterocycles. The molecule has 0 bridgehead atoms. The fraction of sp³-hybridized carbons (Fsp3) is 0.625. The van der Waals surface area contributed by atoms with Crippen LogP contribution in [0.3, 0.4) is 0 Å². The van der Waals surface area contributed by atoms with Crippen molar-refractivity contribution in [2.75, 3.05) is 32.8 Å². The SMILES string of the molecule is CSC(=NC(=O)OCCF)NC(=O)OCCF. The van der Waals surface area contributed by atoms with Gasteiger partial charge in [0.2, 0.25) is 0 Å². The van der Waals surface area contributed by atoms with E-state index in [1.54, 1.807) is 0 Å². The summed E-state index contributed by atoms with van der Waals surface area (Å²) in [5.74, 6) is 0. The van der Waals surface area contributed by atoms with Crippen molar-refractivity contribution in [2.45, 2.75) is 0 Å². The number of carbonyl (C=O) groups excluding carboxylic acids is 2. The molecule has 0 spiro atoms. The van der Waals surface area contributed by atoms with E-state index in [1.807, 2.05) is 0 Å². The Labute approximate surface area is 101 Å². The van der Waals surface area contributed by atoms with E-state index >= 15 is 0 Å². The Morgan fingerprint density at radius 2 is 1.82 bits per heavy atom. The van der Waals surface area contributed by atoms with Gasteiger partial charge in [0.15, 0.2) is 5.17 Å². The lowest BCUT2D eigenvalue weighted by atomic mass is 10.8. The first-order chi connectivity index (χ1) is 8.13. The minimum Gasteiger partial charge on any atom is -0.446 e. The molecular weight excluding hydrogens is 258 g/mol. The molecule has 0 saturated heterocycles. The van der Waals surface area contributed by atoms with Crippen LogP contribution in [0.15, 0.2) is 4.99 Å². The van der Waals surface area contributed by atoms with Crippen molar-refractivity contribution < 1.29 is 27.8 Å². The number of amides is 2. The van der Waals surface area contributed by atoms with Crippen LogP contribution in [-0.2, 0) is 9.47 Å². The van der Waals surface area contributed by atoms with E-state index in [4.69, 9.17) is 0 Å². The summed E-state index contributed by atoms with van der Waals surface area (Å²) in [6.45, 7) is -2.42. The first kappa shape index (κ1) is 15.6. The molecule has 9 heteroatoms. The minimum atomic E-state index is -1.03. The average Bonchev–Trinajstić information content (AvgIpc) is 2.32. The molecule has 17 heavy (non-hydrogen) atoms. The lowest BCUT2D eigenvalue weighted by molar-refractivity contribution is 0.142. The number of aliphatic imine (C=N–C) groups is 1. The Balaban J connectivity index is 4.16. The molecule has 1 N–H and O–H groups in total. The second-order valence-electron chi connectivity index (χ2n) is 2.37. The predicted molar refractivity (Wildman–Crippen MR) is 58.7 cm³/mol. The van der Waals surface area contributed by atoms with Crippen molar-refractivity contribution in [3.8, 4) is 0 Å². The lowest BCUT2D eigenvalue weighted by Crippen LogP contribution is -2.30. The van der Waals surface area contributed by atoms with E-state index in [2.05, 4.69) is 19.8 Å². The second-order valence-corrected chi connectivity index (χ2v) is 3.17. The highest BCUT2D eigenvalue weighted by atomic mass is 32.2. The summed E-state index contributed by atoms with van der Waals surface area (Å²) in [7, 11) is 0. The largest absolute Gasteiger partial charge is 0.446 e. The van der Waals surface area contributed by atoms with Crippen molar-refractivity contribution in [3.63, 3.8) is 0 Å². The lowest BCUT2D eigenvalue weighted by Gasteiger charge is -2.05. The zero-order chi connectivity index (χ0) is 13.1. The maximum Gasteiger partial charge on any atom is 0.436 e. The molecule has 0 heterocycles. The van der Waals surface area contributed by atoms with Gasteiger partial charge >= 0.3 is 12.2 Å². The topological polar surface area (TPSA) is 77.0 Å². The zero-order valence-corrected chi connectivity index (χ0v) is 9.89. The molecule has 0 aromatic rings. The fourth-order valence-corrected chi connectivity index (χ4v) is 0.972. The molecule has 0 aromatic heterocycles. The van der Waals surface area contributed by atoms with Gasteiger partial charge in [-0.25, -0.2) is 18.4 Å². The van der Waals surface area contributed by atoms with Crippen molar-refractivity contribution in [1.82, 2.24) is 5.32 Å². The molecule has 0 rings (SSSR count). The fourth-order valence-electron chi connectivity index (χ4n) is 0.620. The number of ether oxygens (including phenoxy) is 2. The zero-order valence-electron chi connectivity index (χ0n) is 9.07. The van der Waals surface area contributed by atoms with Gasteiger partial charge in [0.05, 0.1) is 0 Å². The number of amidine groups is 1. The number of hydrogen-bond acceptors (Lipinski definition) is 5. The van der Waals surface area contributed by atoms with E-state index in [0.29, 0.717) is 0 Å². The summed E-state index contributed by atoms with van der Waals surface area (Å²) in [4.78, 5) is 25.2. The third-order valence-corrected chi connectivity index (χ3v) is 1.79. The van der Waals surface area contributed by atoms with Crippen LogP contribution in [-0.4, -0.2) is 50.2 Å². The van der Waals surface area contributed by atoms with Gasteiger partial charge in [0, 0.05) is 0 Å². The van der Waals surface area contributed by atoms with Gasteiger partial charge in [-0.2, -0.15) is 4.99 Å². The second kappa shape index (κ2) is 9.82. The minimum absolute atomic E-state index is 0.0854. The van der Waals surface area contributed by atoms with Gasteiger partial charge < -0.3 is 9.47 Å². The molecule has 0 aliphatic rings. The molecule has 0 unspecified atom stereocenters. The first-order valence-electron chi connectivity index (χ1n) is 4.49. The molecule has 0 atom stereocenters. The number of thioether (sulfide) groups is 1. The van der Waals surface area contributed by atoms with Crippen molar-refractivity contribution >= 4 is 29.1 Å². The van der Waals surface area contributed by atoms with Crippen LogP contribution in [0.1, 0.15) is 0 Å². The highest BCUT2D eigenvalue weighted by molar-refractivity contribution is 8.13. The Kier molecular flexibility index (Phi) is 9.02. The predicted octanol–water partition coefficient (Wildman–Crippen LogP) is 1.51. The Morgan fingerprint density at radius 1 is 1.24 bits per heavy atom. The third-order valence-electron chi connectivity index (χ3n) is 1.21. The van der Waals surface area contributed by atoms with Crippen LogP contribution in [0.4, 0.5) is 18.4 Å². The molecule has 0 radical (unpaired) electrons. The third kappa shape index (κ3) is 8.43. The van der Waals surface area contributed by atoms with Crippen LogP contribution in [0, 0.1) is 0 Å². The van der Waals surface area contributed by atoms with Gasteiger partial charge in [0.1, 0.15) is 26.6 Å². The van der Waals surface area contributed by atoms with E-state index in [1.165, 1.54) is 6.26 Å². The van der Waals surface area contributed by atoms with Gasteiger partial charge in [-0.3, -0.25) is 5.32 Å². The van der Waals surface area contributed by atoms with E-state index in [9.17, 15) is 18.4 Å². The summed E-state index contributed by atoms with van der Waals surface area (Å²) in [5.41, 5.74) is 0. The Morgan fingerprint density at radius 3 is 2.35 bits per heavy atom. The van der Waals surface area contributed by atoms with Crippen LogP contribution in [0.25, 0.3) is 0 Å². The van der Waals surface area contributed by atoms with Crippen LogP contribution >= 0.6 is 11.8 Å². The van der Waals surface area contributed by atoms with Gasteiger partial charge in [0.25, 0.3) is 0 Å². The van der Waals surface area contributed by atoms with Gasteiger partial charge in [-0.05, 0) is 6.26 Å². The summed E-state index contributed by atoms with van der Waals surface area (Å²) < 4.78 is 32.0. The smallest absolute Gasteiger partial charge is 0.436 e. The number of carbonyl (C=O) groups is 2. The van der Waals surface area contributed by atoms with Crippen molar-refractivity contribution in [1.29, 1.82) is 0 Å². The number of nitrogens with zero attached hydrogens (tertiary/aromatic N) is 1. The van der Waals surface area contributed by atoms with Gasteiger partial charge in [-0.1, -0.05) is 11.8 Å². The molecule has 0 fully saturated rings. The molecule has 0 saturated carbocycles. The summed E-state index contributed by atoms with van der Waals surface area (Å²) >= 11 is 0.943. The summed E-state index contributed by atoms with van der Waals surface area (Å²) in [6, 6.07) is 0. The standard InChI is InChI=1S/C8H12F2N2O4S/c1-17-6(11-7(13)15-4-2-9)12-8(14)16-5-3-10/h2-5H2,1H3,(H,11,12,13,14). The number of halogens is 2. The normalized spacial score (nSPS) is 10.9. The molecule has 98 valence electrons. The molecule has 2 amide bonds. The van der Waals surface area contributed by atoms with Crippen LogP contribution in [0.5, 0.6) is 0 Å². The van der Waals surface area contributed by atoms with Crippen molar-refractivity contribution in [2.24, 2.45) is 4.99 Å². The number of rotatable bonds is 4. The van der Waals surface area contributed by atoms with E-state index in [0.717, 1.165) is 11.8 Å². The maximum atomic E-state index is 11.7. The van der Waals surface area contributed by atoms with E-state index in [-0.39, 0.29) is 11.8 Å². The number of hydrogen-bond donors (Lipinski definition) is 1. The molecule has 0 aliphatic carbocycles. The number of alkyl carbamates (subject to hydrolysis) is 1. The monoisotopic (exact) mass is 270 g/mol. The van der Waals surface area contributed by atoms with E-state index < -0.39 is 32.1 Å². The average molecular weight is 270 g/mol. The highest BCUT2D eigenvalue weighted by Crippen LogP contribution is 1.98. The van der Waals surface area contributed by atoms with Crippen LogP contribution in [0.2, 0.25) is 0 Å². The van der Waals surface area contributed by atoms with Crippen LogP contribution < -0.4 is 5.32 Å². The Hall–Kier alpha value is -1.38. The number of nitrogens with one attached hydrogen (secondary N) is 1. The molecular formula is C8H12F2N2O4S. The highest BCUT2D eigenvalue weighted by Gasteiger charge is 2.09. The molecule has 6 nitrogen and oxygen atoms in total. The quantitative estimate of drug-likeness (QED) is 0.619. The number of alkyl halides is 2. The summed E-state index contributed by atoms with van der Waals surface area (Å²) in [6.07, 6.45) is -0.428. The maximum absolute atomic E-state index is 11.7. The molecule has 0 aromatic carbocycles. The summed E-state index contributed by atoms with van der Waals surface area (Å²) in [5, 5.41) is 2.01. The van der Waals surface area contributed by atoms with Gasteiger partial charge in [-0.15, -0.1) is 0 Å². The Bertz CT molecular complexity index is 289. The first-order valence-corrected chi connectivity index (χ1v) is 5.71.